The molecule has 0 amide bonds. The zero-order chi connectivity index (χ0) is 17.0. The first-order valence-corrected chi connectivity index (χ1v) is 8.84. The maximum absolute atomic E-state index is 5.89. The molecule has 2 aromatic rings. The Bertz CT molecular complexity index is 662. The molecule has 2 aromatic heterocycles. The Morgan fingerprint density at radius 2 is 1.92 bits per heavy atom. The molecule has 0 N–H and O–H groups in total. The minimum absolute atomic E-state index is 0.270. The predicted octanol–water partition coefficient (Wildman–Crippen LogP) is 1.97. The lowest BCUT2D eigenvalue weighted by Gasteiger charge is -2.48. The molecule has 2 fully saturated rings. The van der Waals surface area contributed by atoms with Crippen molar-refractivity contribution in [3.05, 3.63) is 37.1 Å². The van der Waals surface area contributed by atoms with Gasteiger partial charge in [-0.1, -0.05) is 0 Å². The number of nitrogens with zero attached hydrogens (tertiary/aromatic N) is 5. The van der Waals surface area contributed by atoms with Crippen LogP contribution in [0.15, 0.2) is 37.1 Å². The molecule has 0 aromatic carbocycles. The van der Waals surface area contributed by atoms with Crippen molar-refractivity contribution >= 4 is 5.95 Å². The minimum atomic E-state index is 0.270. The largest absolute Gasteiger partial charge is 0.476 e. The maximum atomic E-state index is 5.89. The second-order valence-electron chi connectivity index (χ2n) is 6.77. The third-order valence-corrected chi connectivity index (χ3v) is 5.50. The third-order valence-electron chi connectivity index (χ3n) is 5.50. The van der Waals surface area contributed by atoms with Gasteiger partial charge in [0.2, 0.25) is 11.8 Å². The number of piperidine rings is 1. The molecule has 0 bridgehead atoms. The van der Waals surface area contributed by atoms with E-state index in [2.05, 4.69) is 24.8 Å². The van der Waals surface area contributed by atoms with Gasteiger partial charge in [-0.2, -0.15) is 0 Å². The van der Waals surface area contributed by atoms with Crippen LogP contribution in [0.4, 0.5) is 5.95 Å². The van der Waals surface area contributed by atoms with Gasteiger partial charge in [-0.15, -0.1) is 0 Å². The smallest absolute Gasteiger partial charge is 0.232 e. The number of hydrogen-bond acceptors (Lipinski definition) is 7. The standard InChI is InChI=1S/C18H23N5O2/c1-5-21-17(22-6-1)23-9-2-18(3-10-23)4-11-24-13-15(18)14-25-16-12-19-7-8-20-16/h1,5-8,12,15H,2-4,9-11,13-14H2. The first-order valence-electron chi connectivity index (χ1n) is 8.84. The molecule has 0 aliphatic carbocycles. The Kier molecular flexibility index (Phi) is 4.74. The summed E-state index contributed by atoms with van der Waals surface area (Å²) in [5.74, 6) is 1.79. The fourth-order valence-electron chi connectivity index (χ4n) is 3.92. The van der Waals surface area contributed by atoms with E-state index in [1.807, 2.05) is 6.07 Å². The summed E-state index contributed by atoms with van der Waals surface area (Å²) in [6, 6.07) is 1.85. The molecule has 7 nitrogen and oxygen atoms in total. The van der Waals surface area contributed by atoms with E-state index in [4.69, 9.17) is 9.47 Å². The summed E-state index contributed by atoms with van der Waals surface area (Å²) in [5.41, 5.74) is 0.270. The molecule has 1 atom stereocenters. The first-order chi connectivity index (χ1) is 12.4. The van der Waals surface area contributed by atoms with Gasteiger partial charge in [-0.25, -0.2) is 15.0 Å². The average molecular weight is 341 g/mol. The maximum Gasteiger partial charge on any atom is 0.232 e. The summed E-state index contributed by atoms with van der Waals surface area (Å²) in [5, 5.41) is 0. The van der Waals surface area contributed by atoms with Crippen LogP contribution in [-0.2, 0) is 4.74 Å². The van der Waals surface area contributed by atoms with Crippen molar-refractivity contribution in [3.63, 3.8) is 0 Å². The summed E-state index contributed by atoms with van der Waals surface area (Å²) >= 11 is 0. The van der Waals surface area contributed by atoms with E-state index >= 15 is 0 Å². The second-order valence-corrected chi connectivity index (χ2v) is 6.77. The monoisotopic (exact) mass is 341 g/mol. The Hall–Kier alpha value is -2.28. The van der Waals surface area contributed by atoms with E-state index in [1.165, 1.54) is 0 Å². The predicted molar refractivity (Wildman–Crippen MR) is 92.4 cm³/mol. The Morgan fingerprint density at radius 1 is 1.08 bits per heavy atom. The van der Waals surface area contributed by atoms with Gasteiger partial charge in [0.1, 0.15) is 0 Å². The lowest BCUT2D eigenvalue weighted by Crippen LogP contribution is -2.50. The molecule has 4 heterocycles. The molecule has 2 aliphatic rings. The van der Waals surface area contributed by atoms with Crippen LogP contribution in [0.1, 0.15) is 19.3 Å². The normalized spacial score (nSPS) is 22.7. The number of hydrogen-bond donors (Lipinski definition) is 0. The topological polar surface area (TPSA) is 73.3 Å². The SMILES string of the molecule is c1cnc(N2CCC3(CCOCC3COc3cnccn3)CC2)nc1. The molecule has 2 saturated heterocycles. The van der Waals surface area contributed by atoms with Gasteiger partial charge >= 0.3 is 0 Å². The highest BCUT2D eigenvalue weighted by Crippen LogP contribution is 2.45. The summed E-state index contributed by atoms with van der Waals surface area (Å²) in [6.45, 7) is 4.17. The van der Waals surface area contributed by atoms with Gasteiger partial charge in [0.15, 0.2) is 0 Å². The highest BCUT2D eigenvalue weighted by atomic mass is 16.5. The lowest BCUT2D eigenvalue weighted by atomic mass is 9.66. The summed E-state index contributed by atoms with van der Waals surface area (Å²) in [7, 11) is 0. The van der Waals surface area contributed by atoms with E-state index in [9.17, 15) is 0 Å². The van der Waals surface area contributed by atoms with E-state index in [0.29, 0.717) is 18.4 Å². The Balaban J connectivity index is 1.40. The van der Waals surface area contributed by atoms with E-state index in [1.54, 1.807) is 31.0 Å². The molecule has 0 radical (unpaired) electrons. The zero-order valence-electron chi connectivity index (χ0n) is 14.3. The molecule has 1 spiro atoms. The van der Waals surface area contributed by atoms with Crippen LogP contribution in [0.25, 0.3) is 0 Å². The van der Waals surface area contributed by atoms with Gasteiger partial charge in [0.25, 0.3) is 0 Å². The fourth-order valence-corrected chi connectivity index (χ4v) is 3.92. The van der Waals surface area contributed by atoms with Crippen molar-refractivity contribution in [2.45, 2.75) is 19.3 Å². The van der Waals surface area contributed by atoms with Crippen molar-refractivity contribution in [1.29, 1.82) is 0 Å². The quantitative estimate of drug-likeness (QED) is 0.842. The van der Waals surface area contributed by atoms with E-state index in [-0.39, 0.29) is 5.41 Å². The summed E-state index contributed by atoms with van der Waals surface area (Å²) in [6.07, 6.45) is 11.9. The molecule has 4 rings (SSSR count). The van der Waals surface area contributed by atoms with Gasteiger partial charge in [-0.05, 0) is 30.7 Å². The summed E-state index contributed by atoms with van der Waals surface area (Å²) < 4.78 is 11.6. The Labute approximate surface area is 147 Å². The number of aromatic nitrogens is 4. The second kappa shape index (κ2) is 7.31. The van der Waals surface area contributed by atoms with Crippen LogP contribution in [0.2, 0.25) is 0 Å². The minimum Gasteiger partial charge on any atom is -0.476 e. The fraction of sp³-hybridized carbons (Fsp3) is 0.556. The zero-order valence-corrected chi connectivity index (χ0v) is 14.3. The van der Waals surface area contributed by atoms with Gasteiger partial charge in [0.05, 0.1) is 19.4 Å². The van der Waals surface area contributed by atoms with Crippen molar-refractivity contribution in [3.8, 4) is 5.88 Å². The van der Waals surface area contributed by atoms with Crippen LogP contribution < -0.4 is 9.64 Å². The van der Waals surface area contributed by atoms with Crippen molar-refractivity contribution in [1.82, 2.24) is 19.9 Å². The summed E-state index contributed by atoms with van der Waals surface area (Å²) in [4.78, 5) is 19.3. The molecule has 132 valence electrons. The van der Waals surface area contributed by atoms with Gasteiger partial charge in [-0.3, -0.25) is 4.98 Å². The van der Waals surface area contributed by atoms with Crippen molar-refractivity contribution in [2.24, 2.45) is 11.3 Å². The van der Waals surface area contributed by atoms with E-state index < -0.39 is 0 Å². The van der Waals surface area contributed by atoms with Gasteiger partial charge < -0.3 is 14.4 Å². The van der Waals surface area contributed by atoms with E-state index in [0.717, 1.165) is 51.5 Å². The number of anilines is 1. The highest BCUT2D eigenvalue weighted by molar-refractivity contribution is 5.29. The van der Waals surface area contributed by atoms with Crippen LogP contribution in [0.3, 0.4) is 0 Å². The molecule has 1 unspecified atom stereocenters. The average Bonchev–Trinajstić information content (AvgIpc) is 2.69. The molecule has 25 heavy (non-hydrogen) atoms. The number of rotatable bonds is 4. The molecule has 0 saturated carbocycles. The van der Waals surface area contributed by atoms with Gasteiger partial charge in [0, 0.05) is 50.4 Å². The van der Waals surface area contributed by atoms with Crippen LogP contribution >= 0.6 is 0 Å². The highest BCUT2D eigenvalue weighted by Gasteiger charge is 2.44. The first kappa shape index (κ1) is 16.2. The molecular formula is C18H23N5O2. The van der Waals surface area contributed by atoms with Crippen LogP contribution in [0, 0.1) is 11.3 Å². The lowest BCUT2D eigenvalue weighted by molar-refractivity contribution is -0.0701. The van der Waals surface area contributed by atoms with Crippen molar-refractivity contribution in [2.75, 3.05) is 37.8 Å². The van der Waals surface area contributed by atoms with Crippen LogP contribution in [-0.4, -0.2) is 52.8 Å². The number of ether oxygens (including phenoxy) is 2. The van der Waals surface area contributed by atoms with Crippen LogP contribution in [0.5, 0.6) is 5.88 Å². The third kappa shape index (κ3) is 3.56. The Morgan fingerprint density at radius 3 is 2.68 bits per heavy atom. The molecule has 2 aliphatic heterocycles. The van der Waals surface area contributed by atoms with Crippen molar-refractivity contribution < 1.29 is 9.47 Å². The molecule has 7 heteroatoms. The molecular weight excluding hydrogens is 318 g/mol.